The molecule has 1 heterocycles. The van der Waals surface area contributed by atoms with E-state index in [0.29, 0.717) is 28.6 Å². The van der Waals surface area contributed by atoms with E-state index in [9.17, 15) is 9.59 Å². The number of ether oxygens (including phenoxy) is 1. The lowest BCUT2D eigenvalue weighted by atomic mass is 10.1. The van der Waals surface area contributed by atoms with Crippen molar-refractivity contribution in [2.45, 2.75) is 20.3 Å². The molecule has 0 saturated carbocycles. The highest BCUT2D eigenvalue weighted by Crippen LogP contribution is 2.28. The Labute approximate surface area is 151 Å². The Kier molecular flexibility index (Phi) is 6.36. The summed E-state index contributed by atoms with van der Waals surface area (Å²) in [5.41, 5.74) is 1.33. The van der Waals surface area contributed by atoms with E-state index in [1.165, 1.54) is 19.4 Å². The van der Waals surface area contributed by atoms with Crippen molar-refractivity contribution in [3.05, 3.63) is 47.2 Å². The van der Waals surface area contributed by atoms with Crippen LogP contribution in [0.5, 0.6) is 5.75 Å². The number of rotatable bonds is 6. The summed E-state index contributed by atoms with van der Waals surface area (Å²) in [5, 5.41) is 5.99. The number of aromatic nitrogens is 1. The first-order valence-corrected chi connectivity index (χ1v) is 8.17. The molecule has 0 saturated heterocycles. The summed E-state index contributed by atoms with van der Waals surface area (Å²) in [7, 11) is 1.50. The van der Waals surface area contributed by atoms with Gasteiger partial charge in [0, 0.05) is 24.4 Å². The smallest absolute Gasteiger partial charge is 0.274 e. The van der Waals surface area contributed by atoms with Gasteiger partial charge in [0.05, 0.1) is 17.8 Å². The highest BCUT2D eigenvalue weighted by atomic mass is 35.5. The van der Waals surface area contributed by atoms with Gasteiger partial charge in [-0.2, -0.15) is 0 Å². The first-order valence-electron chi connectivity index (χ1n) is 7.80. The number of pyridine rings is 1. The molecule has 2 N–H and O–H groups in total. The third kappa shape index (κ3) is 5.46. The van der Waals surface area contributed by atoms with Crippen molar-refractivity contribution in [2.24, 2.45) is 5.92 Å². The summed E-state index contributed by atoms with van der Waals surface area (Å²) < 4.78 is 5.30. The van der Waals surface area contributed by atoms with Crippen LogP contribution in [0.1, 0.15) is 30.8 Å². The van der Waals surface area contributed by atoms with E-state index in [0.717, 1.165) is 0 Å². The molecule has 1 aromatic carbocycles. The highest BCUT2D eigenvalue weighted by molar-refractivity contribution is 6.30. The molecule has 2 rings (SSSR count). The Morgan fingerprint density at radius 1 is 1.20 bits per heavy atom. The van der Waals surface area contributed by atoms with E-state index >= 15 is 0 Å². The van der Waals surface area contributed by atoms with Crippen molar-refractivity contribution < 1.29 is 14.3 Å². The van der Waals surface area contributed by atoms with E-state index < -0.39 is 0 Å². The minimum atomic E-state index is -0.365. The van der Waals surface area contributed by atoms with Crippen LogP contribution in [-0.2, 0) is 4.79 Å². The molecule has 2 amide bonds. The lowest BCUT2D eigenvalue weighted by Gasteiger charge is -2.13. The number of amides is 2. The second kappa shape index (κ2) is 8.48. The molecule has 0 unspecified atom stereocenters. The van der Waals surface area contributed by atoms with E-state index in [2.05, 4.69) is 15.6 Å². The predicted octanol–water partition coefficient (Wildman–Crippen LogP) is 3.98. The van der Waals surface area contributed by atoms with Crippen molar-refractivity contribution in [2.75, 3.05) is 17.7 Å². The van der Waals surface area contributed by atoms with Crippen LogP contribution in [0.3, 0.4) is 0 Å². The molecule has 0 atom stereocenters. The fourth-order valence-electron chi connectivity index (χ4n) is 2.15. The van der Waals surface area contributed by atoms with E-state index in [-0.39, 0.29) is 23.4 Å². The van der Waals surface area contributed by atoms with Crippen molar-refractivity contribution in [3.63, 3.8) is 0 Å². The van der Waals surface area contributed by atoms with E-state index in [1.807, 2.05) is 13.8 Å². The lowest BCUT2D eigenvalue weighted by Crippen LogP contribution is -2.15. The predicted molar refractivity (Wildman–Crippen MR) is 98.3 cm³/mol. The Hall–Kier alpha value is -2.60. The van der Waals surface area contributed by atoms with Gasteiger partial charge in [-0.05, 0) is 30.2 Å². The maximum Gasteiger partial charge on any atom is 0.274 e. The molecule has 0 fully saturated rings. The molecule has 6 nitrogen and oxygen atoms in total. The van der Waals surface area contributed by atoms with Gasteiger partial charge in [0.15, 0.2) is 0 Å². The van der Waals surface area contributed by atoms with Gasteiger partial charge in [-0.3, -0.25) is 9.59 Å². The largest absolute Gasteiger partial charge is 0.494 e. The number of methoxy groups -OCH3 is 1. The molecule has 0 spiro atoms. The number of anilines is 2. The quantitative estimate of drug-likeness (QED) is 0.815. The van der Waals surface area contributed by atoms with Gasteiger partial charge in [-0.25, -0.2) is 4.98 Å². The molecular formula is C18H20ClN3O3. The highest BCUT2D eigenvalue weighted by Gasteiger charge is 2.12. The minimum absolute atomic E-state index is 0.0875. The van der Waals surface area contributed by atoms with Crippen LogP contribution in [-0.4, -0.2) is 23.9 Å². The number of hydrogen-bond acceptors (Lipinski definition) is 4. The Bertz CT molecular complexity index is 761. The van der Waals surface area contributed by atoms with Gasteiger partial charge >= 0.3 is 0 Å². The maximum atomic E-state index is 12.2. The van der Waals surface area contributed by atoms with Gasteiger partial charge in [0.25, 0.3) is 5.91 Å². The maximum absolute atomic E-state index is 12.2. The van der Waals surface area contributed by atoms with Crippen molar-refractivity contribution in [1.29, 1.82) is 0 Å². The summed E-state index contributed by atoms with van der Waals surface area (Å²) in [6, 6.07) is 8.13. The summed E-state index contributed by atoms with van der Waals surface area (Å²) in [4.78, 5) is 28.1. The van der Waals surface area contributed by atoms with Crippen LogP contribution < -0.4 is 15.4 Å². The Morgan fingerprint density at radius 3 is 2.56 bits per heavy atom. The van der Waals surface area contributed by atoms with Crippen LogP contribution in [0.4, 0.5) is 11.4 Å². The zero-order valence-corrected chi connectivity index (χ0v) is 15.1. The summed E-state index contributed by atoms with van der Waals surface area (Å²) >= 11 is 5.76. The number of carbonyl (C=O) groups is 2. The molecule has 0 aliphatic heterocycles. The molecule has 2 aromatic rings. The molecule has 1 aromatic heterocycles. The van der Waals surface area contributed by atoms with Gasteiger partial charge in [-0.1, -0.05) is 25.4 Å². The monoisotopic (exact) mass is 361 g/mol. The Morgan fingerprint density at radius 2 is 1.96 bits per heavy atom. The standard InChI is InChI=1S/C18H20ClN3O3/c1-11(2)8-17(23)22-14-7-5-13(9-16(14)25-3)21-18(24)15-6-4-12(19)10-20-15/h4-7,9-11H,8H2,1-3H3,(H,21,24)(H,22,23). The topological polar surface area (TPSA) is 80.3 Å². The fraction of sp³-hybridized carbons (Fsp3) is 0.278. The summed E-state index contributed by atoms with van der Waals surface area (Å²) in [6.07, 6.45) is 1.83. The molecule has 25 heavy (non-hydrogen) atoms. The minimum Gasteiger partial charge on any atom is -0.494 e. The number of nitrogens with one attached hydrogen (secondary N) is 2. The first-order chi connectivity index (χ1) is 11.9. The zero-order chi connectivity index (χ0) is 18.4. The average molecular weight is 362 g/mol. The third-order valence-corrected chi connectivity index (χ3v) is 3.51. The number of benzene rings is 1. The SMILES string of the molecule is COc1cc(NC(=O)c2ccc(Cl)cn2)ccc1NC(=O)CC(C)C. The zero-order valence-electron chi connectivity index (χ0n) is 14.3. The van der Waals surface area contributed by atoms with Crippen LogP contribution in [0.15, 0.2) is 36.5 Å². The molecule has 7 heteroatoms. The van der Waals surface area contributed by atoms with Gasteiger partial charge < -0.3 is 15.4 Å². The number of carbonyl (C=O) groups excluding carboxylic acids is 2. The first kappa shape index (κ1) is 18.7. The van der Waals surface area contributed by atoms with E-state index in [4.69, 9.17) is 16.3 Å². The third-order valence-electron chi connectivity index (χ3n) is 3.29. The molecule has 0 aliphatic rings. The molecule has 0 aliphatic carbocycles. The lowest BCUT2D eigenvalue weighted by molar-refractivity contribution is -0.116. The van der Waals surface area contributed by atoms with Crippen LogP contribution >= 0.6 is 11.6 Å². The van der Waals surface area contributed by atoms with E-state index in [1.54, 1.807) is 24.3 Å². The number of nitrogens with zero attached hydrogens (tertiary/aromatic N) is 1. The van der Waals surface area contributed by atoms with Gasteiger partial charge in [0.2, 0.25) is 5.91 Å². The normalized spacial score (nSPS) is 10.4. The van der Waals surface area contributed by atoms with Gasteiger partial charge in [-0.15, -0.1) is 0 Å². The summed E-state index contributed by atoms with van der Waals surface area (Å²) in [6.45, 7) is 3.94. The second-order valence-electron chi connectivity index (χ2n) is 5.88. The molecule has 0 radical (unpaired) electrons. The average Bonchev–Trinajstić information content (AvgIpc) is 2.56. The molecular weight excluding hydrogens is 342 g/mol. The van der Waals surface area contributed by atoms with Crippen LogP contribution in [0.25, 0.3) is 0 Å². The summed E-state index contributed by atoms with van der Waals surface area (Å²) in [5.74, 6) is 0.265. The molecule has 132 valence electrons. The van der Waals surface area contributed by atoms with Crippen molar-refractivity contribution >= 4 is 34.8 Å². The number of hydrogen-bond donors (Lipinski definition) is 2. The fourth-order valence-corrected chi connectivity index (χ4v) is 2.26. The van der Waals surface area contributed by atoms with Crippen LogP contribution in [0.2, 0.25) is 5.02 Å². The molecule has 0 bridgehead atoms. The second-order valence-corrected chi connectivity index (χ2v) is 6.31. The number of halogens is 1. The Balaban J connectivity index is 2.11. The van der Waals surface area contributed by atoms with Crippen LogP contribution in [0, 0.1) is 5.92 Å². The van der Waals surface area contributed by atoms with Crippen molar-refractivity contribution in [1.82, 2.24) is 4.98 Å². The van der Waals surface area contributed by atoms with Gasteiger partial charge in [0.1, 0.15) is 11.4 Å². The van der Waals surface area contributed by atoms with Crippen molar-refractivity contribution in [3.8, 4) is 5.75 Å².